The fraction of sp³-hybridized carbons (Fsp3) is 0.639. The third-order valence-corrected chi connectivity index (χ3v) is 12.2. The Morgan fingerprint density at radius 2 is 1.32 bits per heavy atom. The number of halogens is 1. The van der Waals surface area contributed by atoms with Crippen molar-refractivity contribution < 1.29 is 27.9 Å². The number of ether oxygens (including phenoxy) is 2. The maximum Gasteiger partial charge on any atom is 0.376 e. The second-order valence-electron chi connectivity index (χ2n) is 14.0. The van der Waals surface area contributed by atoms with E-state index in [0.717, 1.165) is 48.6 Å². The fourth-order valence-electron chi connectivity index (χ4n) is 6.86. The summed E-state index contributed by atoms with van der Waals surface area (Å²) in [6.07, 6.45) is 5.31. The van der Waals surface area contributed by atoms with Gasteiger partial charge in [-0.15, -0.1) is 0 Å². The summed E-state index contributed by atoms with van der Waals surface area (Å²) in [4.78, 5) is 13.4. The smallest absolute Gasteiger partial charge is 0.376 e. The van der Waals surface area contributed by atoms with Crippen molar-refractivity contribution in [3.8, 4) is 5.75 Å². The number of aryl methyl sites for hydroxylation is 1. The Hall–Kier alpha value is -1.66. The molecule has 0 aliphatic heterocycles. The van der Waals surface area contributed by atoms with Crippen LogP contribution >= 0.6 is 23.5 Å². The highest BCUT2D eigenvalue weighted by atomic mass is 79.9. The van der Waals surface area contributed by atoms with Crippen LogP contribution in [0.4, 0.5) is 0 Å². The lowest BCUT2D eigenvalue weighted by Crippen LogP contribution is -2.37. The highest BCUT2D eigenvalue weighted by molar-refractivity contribution is 9.10. The Labute approximate surface area is 273 Å². The van der Waals surface area contributed by atoms with Crippen LogP contribution in [-0.2, 0) is 23.1 Å². The minimum atomic E-state index is -4.08. The zero-order valence-electron chi connectivity index (χ0n) is 27.5. The number of rotatable bonds is 12. The molecule has 0 saturated heterocycles. The van der Waals surface area contributed by atoms with Crippen molar-refractivity contribution in [2.24, 2.45) is 35.5 Å². The van der Waals surface area contributed by atoms with E-state index in [2.05, 4.69) is 57.5 Å². The van der Waals surface area contributed by atoms with E-state index in [4.69, 9.17) is 18.5 Å². The number of esters is 1. The number of carbonyl (C=O) groups is 1. The summed E-state index contributed by atoms with van der Waals surface area (Å²) in [5.74, 6) is 0.791. The molecule has 8 atom stereocenters. The van der Waals surface area contributed by atoms with Crippen LogP contribution in [0.15, 0.2) is 53.0 Å². The second kappa shape index (κ2) is 15.8. The van der Waals surface area contributed by atoms with Crippen LogP contribution in [0.5, 0.6) is 5.75 Å². The first-order valence-electron chi connectivity index (χ1n) is 16.5. The normalized spacial score (nSPS) is 28.0. The lowest BCUT2D eigenvalue weighted by atomic mass is 9.75. The van der Waals surface area contributed by atoms with E-state index in [0.29, 0.717) is 35.0 Å². The minimum absolute atomic E-state index is 0.237. The highest BCUT2D eigenvalue weighted by Gasteiger charge is 2.49. The lowest BCUT2D eigenvalue weighted by molar-refractivity contribution is -0.149. The molecule has 2 aromatic carbocycles. The Balaban J connectivity index is 1.71. The quantitative estimate of drug-likeness (QED) is 0.163. The van der Waals surface area contributed by atoms with Crippen LogP contribution in [0.1, 0.15) is 97.0 Å². The average molecular weight is 692 g/mol. The van der Waals surface area contributed by atoms with Gasteiger partial charge in [0.05, 0.1) is 12.2 Å². The standard InChI is InChI=1S/C36H52BrO6P/c1-23(2)31-18-10-26(6)20-33(31)42-44(39,43-34-21-27(7)11-19-32(34)24(3)4)36(28-12-14-29(37)15-13-28)41-35(38)22-40-30-16-8-25(5)9-17-30/h8-9,12-17,23-24,26-27,31-34,36H,10-11,18-22H2,1-7H3/t26-,27-,31-,32+,33-,34-,36+,44?/m1/s1. The molecule has 1 unspecified atom stereocenters. The number of hydrogen-bond acceptors (Lipinski definition) is 6. The minimum Gasteiger partial charge on any atom is -0.482 e. The molecule has 4 rings (SSSR count). The van der Waals surface area contributed by atoms with Gasteiger partial charge < -0.3 is 18.5 Å². The molecule has 2 fully saturated rings. The predicted octanol–water partition coefficient (Wildman–Crippen LogP) is 10.5. The third-order valence-electron chi connectivity index (χ3n) is 9.55. The molecule has 244 valence electrons. The van der Waals surface area contributed by atoms with Gasteiger partial charge in [0.2, 0.25) is 5.85 Å². The summed E-state index contributed by atoms with van der Waals surface area (Å²) in [7, 11) is -4.08. The van der Waals surface area contributed by atoms with Crippen molar-refractivity contribution in [1.29, 1.82) is 0 Å². The van der Waals surface area contributed by atoms with Gasteiger partial charge in [-0.05, 0) is 92.4 Å². The van der Waals surface area contributed by atoms with Crippen LogP contribution in [0.2, 0.25) is 0 Å². The molecule has 0 aromatic heterocycles. The summed E-state index contributed by atoms with van der Waals surface area (Å²) >= 11 is 3.51. The maximum absolute atomic E-state index is 15.6. The number of benzene rings is 2. The Bertz CT molecular complexity index is 1210. The molecule has 0 radical (unpaired) electrons. The lowest BCUT2D eigenvalue weighted by Gasteiger charge is -2.43. The van der Waals surface area contributed by atoms with Gasteiger partial charge in [0.1, 0.15) is 5.75 Å². The van der Waals surface area contributed by atoms with E-state index in [-0.39, 0.29) is 30.7 Å². The molecule has 0 N–H and O–H groups in total. The van der Waals surface area contributed by atoms with Crippen LogP contribution in [0.25, 0.3) is 0 Å². The topological polar surface area (TPSA) is 71.1 Å². The largest absolute Gasteiger partial charge is 0.482 e. The molecule has 0 bridgehead atoms. The number of carbonyl (C=O) groups excluding carboxylic acids is 1. The molecule has 0 heterocycles. The maximum atomic E-state index is 15.6. The molecule has 44 heavy (non-hydrogen) atoms. The molecule has 2 aromatic rings. The summed E-state index contributed by atoms with van der Waals surface area (Å²) < 4.78 is 41.9. The Kier molecular flexibility index (Phi) is 12.6. The number of hydrogen-bond donors (Lipinski definition) is 0. The molecule has 6 nitrogen and oxygen atoms in total. The Morgan fingerprint density at radius 3 is 1.80 bits per heavy atom. The second-order valence-corrected chi connectivity index (χ2v) is 16.9. The van der Waals surface area contributed by atoms with Crippen LogP contribution < -0.4 is 4.74 Å². The van der Waals surface area contributed by atoms with E-state index < -0.39 is 19.4 Å². The van der Waals surface area contributed by atoms with Gasteiger partial charge in [-0.25, -0.2) is 4.79 Å². The molecule has 2 aliphatic carbocycles. The average Bonchev–Trinajstić information content (AvgIpc) is 2.96. The summed E-state index contributed by atoms with van der Waals surface area (Å²) in [6.45, 7) is 14.9. The molecular weight excluding hydrogens is 639 g/mol. The molecule has 2 saturated carbocycles. The first-order chi connectivity index (χ1) is 20.8. The summed E-state index contributed by atoms with van der Waals surface area (Å²) in [5, 5.41) is 0. The summed E-state index contributed by atoms with van der Waals surface area (Å²) in [6, 6.07) is 14.9. The van der Waals surface area contributed by atoms with Gasteiger partial charge >= 0.3 is 13.6 Å². The molecule has 0 amide bonds. The van der Waals surface area contributed by atoms with Crippen LogP contribution in [-0.4, -0.2) is 24.8 Å². The van der Waals surface area contributed by atoms with E-state index in [1.165, 1.54) is 0 Å². The molecular formula is C36H52BrO6P. The molecule has 8 heteroatoms. The zero-order valence-corrected chi connectivity index (χ0v) is 30.0. The van der Waals surface area contributed by atoms with E-state index in [1.807, 2.05) is 55.5 Å². The van der Waals surface area contributed by atoms with Gasteiger partial charge in [0, 0.05) is 10.0 Å². The van der Waals surface area contributed by atoms with Crippen LogP contribution in [0, 0.1) is 42.4 Å². The first-order valence-corrected chi connectivity index (χ1v) is 18.9. The molecule has 0 spiro atoms. The monoisotopic (exact) mass is 690 g/mol. The predicted molar refractivity (Wildman–Crippen MR) is 180 cm³/mol. The van der Waals surface area contributed by atoms with Gasteiger partial charge in [-0.1, -0.05) is 100 Å². The van der Waals surface area contributed by atoms with Gasteiger partial charge in [-0.2, -0.15) is 0 Å². The fourth-order valence-corrected chi connectivity index (χ4v) is 9.42. The van der Waals surface area contributed by atoms with E-state index >= 15 is 4.57 Å². The van der Waals surface area contributed by atoms with Crippen molar-refractivity contribution in [2.75, 3.05) is 6.61 Å². The van der Waals surface area contributed by atoms with Gasteiger partial charge in [0.25, 0.3) is 0 Å². The van der Waals surface area contributed by atoms with Crippen LogP contribution in [0.3, 0.4) is 0 Å². The highest BCUT2D eigenvalue weighted by Crippen LogP contribution is 2.66. The summed E-state index contributed by atoms with van der Waals surface area (Å²) in [5.41, 5.74) is 1.68. The first kappa shape index (κ1) is 35.2. The Morgan fingerprint density at radius 1 is 0.818 bits per heavy atom. The van der Waals surface area contributed by atoms with E-state index in [1.54, 1.807) is 0 Å². The SMILES string of the molecule is Cc1ccc(OCC(=O)O[C@H](c2ccc(Br)cc2)P(=O)(O[C@@H]2C[C@H](C)CC[C@@H]2C(C)C)O[C@@H]2C[C@H](C)CC[C@H]2C(C)C)cc1. The van der Waals surface area contributed by atoms with Crippen molar-refractivity contribution in [3.05, 3.63) is 64.1 Å². The van der Waals surface area contributed by atoms with Crippen molar-refractivity contribution >= 4 is 29.5 Å². The van der Waals surface area contributed by atoms with Gasteiger partial charge in [-0.3, -0.25) is 4.57 Å². The van der Waals surface area contributed by atoms with Gasteiger partial charge in [0.15, 0.2) is 6.61 Å². The zero-order chi connectivity index (χ0) is 32.0. The van der Waals surface area contributed by atoms with E-state index in [9.17, 15) is 4.79 Å². The third kappa shape index (κ3) is 9.44. The molecule has 2 aliphatic rings. The van der Waals surface area contributed by atoms with Crippen molar-refractivity contribution in [1.82, 2.24) is 0 Å². The van der Waals surface area contributed by atoms with Crippen molar-refractivity contribution in [2.45, 2.75) is 105 Å². The van der Waals surface area contributed by atoms with Crippen molar-refractivity contribution in [3.63, 3.8) is 0 Å².